The summed E-state index contributed by atoms with van der Waals surface area (Å²) in [7, 11) is 0. The summed E-state index contributed by atoms with van der Waals surface area (Å²) in [5.74, 6) is 1.26. The van der Waals surface area contributed by atoms with Crippen LogP contribution in [0.1, 0.15) is 22.1 Å². The second kappa shape index (κ2) is 5.86. The lowest BCUT2D eigenvalue weighted by Crippen LogP contribution is -2.15. The van der Waals surface area contributed by atoms with Crippen molar-refractivity contribution in [1.29, 1.82) is 0 Å². The largest absolute Gasteiger partial charge is 0.310 e. The van der Waals surface area contributed by atoms with Crippen molar-refractivity contribution in [1.82, 2.24) is 9.78 Å². The summed E-state index contributed by atoms with van der Waals surface area (Å²) in [6, 6.07) is 12.0. The van der Waals surface area contributed by atoms with Gasteiger partial charge in [0, 0.05) is 5.56 Å². The molecule has 1 aliphatic rings. The zero-order valence-corrected chi connectivity index (χ0v) is 14.2. The monoisotopic (exact) mass is 341 g/mol. The van der Waals surface area contributed by atoms with Crippen molar-refractivity contribution in [2.75, 3.05) is 11.1 Å². The van der Waals surface area contributed by atoms with Gasteiger partial charge in [-0.25, -0.2) is 4.68 Å². The Morgan fingerprint density at radius 3 is 2.83 bits per heavy atom. The molecule has 4 nitrogen and oxygen atoms in total. The molecule has 0 saturated heterocycles. The average Bonchev–Trinajstić information content (AvgIpc) is 3.15. The van der Waals surface area contributed by atoms with E-state index < -0.39 is 0 Å². The van der Waals surface area contributed by atoms with Crippen LogP contribution in [-0.2, 0) is 4.79 Å². The molecule has 0 unspecified atom stereocenters. The highest BCUT2D eigenvalue weighted by atomic mass is 32.2. The van der Waals surface area contributed by atoms with Gasteiger partial charge in [-0.1, -0.05) is 18.2 Å². The molecular weight excluding hydrogens is 326 g/mol. The summed E-state index contributed by atoms with van der Waals surface area (Å²) in [5.41, 5.74) is 4.24. The van der Waals surface area contributed by atoms with Crippen LogP contribution in [0.25, 0.3) is 5.69 Å². The van der Waals surface area contributed by atoms with E-state index >= 15 is 0 Å². The van der Waals surface area contributed by atoms with E-state index in [9.17, 15) is 4.79 Å². The van der Waals surface area contributed by atoms with Crippen molar-refractivity contribution in [3.05, 3.63) is 64.0 Å². The molecule has 0 fully saturated rings. The van der Waals surface area contributed by atoms with Crippen molar-refractivity contribution in [3.63, 3.8) is 0 Å². The lowest BCUT2D eigenvalue weighted by molar-refractivity contribution is -0.113. The van der Waals surface area contributed by atoms with Gasteiger partial charge < -0.3 is 5.32 Å². The summed E-state index contributed by atoms with van der Waals surface area (Å²) in [6.45, 7) is 2.01. The first kappa shape index (κ1) is 14.5. The van der Waals surface area contributed by atoms with E-state index in [-0.39, 0.29) is 11.2 Å². The summed E-state index contributed by atoms with van der Waals surface area (Å²) < 4.78 is 1.84. The molecule has 3 aromatic rings. The molecule has 6 heteroatoms. The Hall–Kier alpha value is -2.05. The van der Waals surface area contributed by atoms with Gasteiger partial charge in [0.25, 0.3) is 0 Å². The van der Waals surface area contributed by atoms with E-state index in [0.717, 1.165) is 22.8 Å². The Kier molecular flexibility index (Phi) is 3.71. The quantitative estimate of drug-likeness (QED) is 0.766. The molecule has 0 aliphatic carbocycles. The lowest BCUT2D eigenvalue weighted by atomic mass is 10.1. The topological polar surface area (TPSA) is 46.9 Å². The van der Waals surface area contributed by atoms with Gasteiger partial charge >= 0.3 is 0 Å². The van der Waals surface area contributed by atoms with Gasteiger partial charge in [0.05, 0.1) is 22.4 Å². The minimum Gasteiger partial charge on any atom is -0.310 e. The molecule has 0 saturated carbocycles. The average molecular weight is 341 g/mol. The Morgan fingerprint density at radius 1 is 1.26 bits per heavy atom. The predicted molar refractivity (Wildman–Crippen MR) is 95.6 cm³/mol. The molecule has 1 aromatic carbocycles. The number of anilines is 1. The van der Waals surface area contributed by atoms with E-state index in [1.165, 1.54) is 5.56 Å². The third kappa shape index (κ3) is 2.58. The third-order valence-corrected chi connectivity index (χ3v) is 5.83. The number of carbonyl (C=O) groups excluding carboxylic acids is 1. The molecule has 0 bridgehead atoms. The van der Waals surface area contributed by atoms with Crippen molar-refractivity contribution < 1.29 is 4.79 Å². The molecule has 1 N–H and O–H groups in total. The third-order valence-electron chi connectivity index (χ3n) is 3.85. The number of rotatable bonds is 2. The molecule has 0 radical (unpaired) electrons. The smallest absolute Gasteiger partial charge is 0.235 e. The molecule has 1 atom stereocenters. The minimum atomic E-state index is 0.0195. The Morgan fingerprint density at radius 2 is 2.09 bits per heavy atom. The van der Waals surface area contributed by atoms with Crippen molar-refractivity contribution in [3.8, 4) is 5.69 Å². The molecule has 1 amide bonds. The van der Waals surface area contributed by atoms with Crippen LogP contribution < -0.4 is 5.32 Å². The van der Waals surface area contributed by atoms with Gasteiger partial charge in [0.1, 0.15) is 5.82 Å². The first-order valence-corrected chi connectivity index (χ1v) is 9.31. The summed E-state index contributed by atoms with van der Waals surface area (Å²) in [4.78, 5) is 12.2. The number of aromatic nitrogens is 2. The molecule has 0 spiro atoms. The number of amides is 1. The molecule has 23 heavy (non-hydrogen) atoms. The number of hydrogen-bond acceptors (Lipinski definition) is 4. The van der Waals surface area contributed by atoms with Gasteiger partial charge in [-0.05, 0) is 41.4 Å². The Bertz CT molecular complexity index is 840. The van der Waals surface area contributed by atoms with Crippen LogP contribution in [0, 0.1) is 6.92 Å². The number of aryl methyl sites for hydroxylation is 1. The molecular formula is C17H15N3OS2. The first-order valence-electron chi connectivity index (χ1n) is 7.32. The number of nitrogens with zero attached hydrogens (tertiary/aromatic N) is 2. The number of thioether (sulfide) groups is 1. The molecule has 1 aliphatic heterocycles. The number of benzene rings is 1. The Balaban J connectivity index is 1.91. The van der Waals surface area contributed by atoms with E-state index in [4.69, 9.17) is 5.10 Å². The number of hydrogen-bond donors (Lipinski definition) is 1. The maximum absolute atomic E-state index is 12.2. The zero-order valence-electron chi connectivity index (χ0n) is 12.5. The number of fused-ring (bicyclic) bond motifs is 1. The van der Waals surface area contributed by atoms with Gasteiger partial charge in [-0.3, -0.25) is 4.79 Å². The van der Waals surface area contributed by atoms with Gasteiger partial charge in [-0.15, -0.1) is 11.8 Å². The van der Waals surface area contributed by atoms with Crippen LogP contribution >= 0.6 is 23.1 Å². The van der Waals surface area contributed by atoms with E-state index in [1.54, 1.807) is 23.1 Å². The van der Waals surface area contributed by atoms with Crippen LogP contribution in [-0.4, -0.2) is 21.4 Å². The number of nitrogens with one attached hydrogen (secondary N) is 1. The minimum absolute atomic E-state index is 0.0195. The standard InChI is InChI=1S/C17H15N3OS2/c1-11-15-16(12-7-8-22-9-12)23-10-14(21)18-17(15)20(19-11)13-5-3-2-4-6-13/h2-9,16H,10H2,1H3,(H,18,21)/t16-/m0/s1. The second-order valence-electron chi connectivity index (χ2n) is 5.39. The van der Waals surface area contributed by atoms with E-state index in [2.05, 4.69) is 22.1 Å². The van der Waals surface area contributed by atoms with Gasteiger partial charge in [0.15, 0.2) is 0 Å². The maximum atomic E-state index is 12.2. The van der Waals surface area contributed by atoms with Crippen LogP contribution in [0.2, 0.25) is 0 Å². The fourth-order valence-electron chi connectivity index (χ4n) is 2.83. The highest BCUT2D eigenvalue weighted by Crippen LogP contribution is 2.44. The van der Waals surface area contributed by atoms with Crippen molar-refractivity contribution in [2.24, 2.45) is 0 Å². The maximum Gasteiger partial charge on any atom is 0.235 e. The van der Waals surface area contributed by atoms with Crippen molar-refractivity contribution >= 4 is 34.8 Å². The highest BCUT2D eigenvalue weighted by Gasteiger charge is 2.30. The SMILES string of the molecule is Cc1nn(-c2ccccc2)c2c1[C@H](c1ccsc1)SCC(=O)N2. The number of thiophene rings is 1. The van der Waals surface area contributed by atoms with Crippen molar-refractivity contribution in [2.45, 2.75) is 12.2 Å². The van der Waals surface area contributed by atoms with Crippen LogP contribution in [0.15, 0.2) is 47.2 Å². The normalized spacial score (nSPS) is 17.4. The highest BCUT2D eigenvalue weighted by molar-refractivity contribution is 8.00. The molecule has 2 aromatic heterocycles. The second-order valence-corrected chi connectivity index (χ2v) is 7.26. The molecule has 4 rings (SSSR count). The van der Waals surface area contributed by atoms with Gasteiger partial charge in [-0.2, -0.15) is 16.4 Å². The first-order chi connectivity index (χ1) is 11.2. The fraction of sp³-hybridized carbons (Fsp3) is 0.176. The molecule has 3 heterocycles. The molecule has 116 valence electrons. The number of para-hydroxylation sites is 1. The number of carbonyl (C=O) groups is 1. The van der Waals surface area contributed by atoms with Gasteiger partial charge in [0.2, 0.25) is 5.91 Å². The van der Waals surface area contributed by atoms with E-state index in [1.807, 2.05) is 41.9 Å². The van der Waals surface area contributed by atoms with Crippen LogP contribution in [0.5, 0.6) is 0 Å². The summed E-state index contributed by atoms with van der Waals surface area (Å²) >= 11 is 3.34. The van der Waals surface area contributed by atoms with Crippen LogP contribution in [0.3, 0.4) is 0 Å². The summed E-state index contributed by atoms with van der Waals surface area (Å²) in [5, 5.41) is 12.1. The predicted octanol–water partition coefficient (Wildman–Crippen LogP) is 4.02. The zero-order chi connectivity index (χ0) is 15.8. The Labute approximate surface area is 142 Å². The van der Waals surface area contributed by atoms with E-state index in [0.29, 0.717) is 5.75 Å². The lowest BCUT2D eigenvalue weighted by Gasteiger charge is -2.13. The fourth-order valence-corrected chi connectivity index (χ4v) is 4.78. The summed E-state index contributed by atoms with van der Waals surface area (Å²) in [6.07, 6.45) is 0. The van der Waals surface area contributed by atoms with Crippen LogP contribution in [0.4, 0.5) is 5.82 Å².